The maximum Gasteiger partial charge on any atom is 0.100 e. The highest BCUT2D eigenvalue weighted by atomic mass is 15.1. The fraction of sp³-hybridized carbons (Fsp3) is 0.0588. The van der Waals surface area contributed by atoms with Crippen molar-refractivity contribution in [3.63, 3.8) is 0 Å². The number of hydrogen-bond acceptors (Lipinski definition) is 3. The zero-order valence-corrected chi connectivity index (χ0v) is 20.8. The van der Waals surface area contributed by atoms with Gasteiger partial charge in [0, 0.05) is 27.8 Å². The summed E-state index contributed by atoms with van der Waals surface area (Å²) >= 11 is 0. The molecule has 0 heterocycles. The maximum atomic E-state index is 9.85. The fourth-order valence-electron chi connectivity index (χ4n) is 4.49. The van der Waals surface area contributed by atoms with Gasteiger partial charge in [-0.2, -0.15) is 10.5 Å². The van der Waals surface area contributed by atoms with Crippen molar-refractivity contribution < 1.29 is 0 Å². The van der Waals surface area contributed by atoms with Gasteiger partial charge in [-0.05, 0) is 67.4 Å². The van der Waals surface area contributed by atoms with Crippen LogP contribution in [0.2, 0.25) is 0 Å². The van der Waals surface area contributed by atoms with E-state index in [-0.39, 0.29) is 0 Å². The monoisotopic (exact) mass is 475 g/mol. The van der Waals surface area contributed by atoms with Crippen LogP contribution >= 0.6 is 0 Å². The smallest absolute Gasteiger partial charge is 0.100 e. The maximum absolute atomic E-state index is 9.85. The first kappa shape index (κ1) is 23.6. The van der Waals surface area contributed by atoms with E-state index in [0.717, 1.165) is 39.0 Å². The van der Waals surface area contributed by atoms with Crippen LogP contribution in [0, 0.1) is 36.5 Å². The molecule has 0 atom stereocenters. The number of rotatable bonds is 5. The van der Waals surface area contributed by atoms with Crippen LogP contribution in [0.4, 0.5) is 17.1 Å². The molecule has 0 unspecified atom stereocenters. The van der Waals surface area contributed by atoms with Crippen molar-refractivity contribution in [1.82, 2.24) is 0 Å². The Morgan fingerprint density at radius 1 is 0.568 bits per heavy atom. The van der Waals surface area contributed by atoms with Crippen molar-refractivity contribution in [1.29, 1.82) is 10.5 Å². The molecule has 0 aliphatic carbocycles. The first-order valence-electron chi connectivity index (χ1n) is 12.1. The van der Waals surface area contributed by atoms with Gasteiger partial charge in [0.15, 0.2) is 0 Å². The Balaban J connectivity index is 1.48. The summed E-state index contributed by atoms with van der Waals surface area (Å²) in [5, 5.41) is 20.9. The van der Waals surface area contributed by atoms with Crippen LogP contribution in [0.15, 0.2) is 103 Å². The summed E-state index contributed by atoms with van der Waals surface area (Å²) in [6.07, 6.45) is 3.98. The second-order valence-corrected chi connectivity index (χ2v) is 9.09. The molecule has 0 amide bonds. The van der Waals surface area contributed by atoms with Crippen molar-refractivity contribution in [3.05, 3.63) is 137 Å². The van der Waals surface area contributed by atoms with Gasteiger partial charge < -0.3 is 4.90 Å². The fourth-order valence-corrected chi connectivity index (χ4v) is 4.49. The standard InChI is InChI=1S/C34H25N3/c1-24-6-15-29(16-7-24)37(30-17-8-25(2)9-18-30)31-19-11-26(12-20-31)10-13-27-14-21-32-28(22-35)4-3-5-33(32)34(27)23-36/h3-21H,1-2H3. The molecule has 0 aliphatic heterocycles. The molecule has 0 N–H and O–H groups in total. The van der Waals surface area contributed by atoms with Gasteiger partial charge in [-0.1, -0.05) is 83.9 Å². The van der Waals surface area contributed by atoms with Crippen LogP contribution in [0.5, 0.6) is 0 Å². The van der Waals surface area contributed by atoms with E-state index in [2.05, 4.69) is 104 Å². The Hall–Kier alpha value is -5.12. The lowest BCUT2D eigenvalue weighted by atomic mass is 9.96. The van der Waals surface area contributed by atoms with Crippen LogP contribution in [0.25, 0.3) is 22.9 Å². The molecule has 0 saturated carbocycles. The second kappa shape index (κ2) is 10.2. The van der Waals surface area contributed by atoms with E-state index in [0.29, 0.717) is 11.1 Å². The first-order valence-corrected chi connectivity index (χ1v) is 12.1. The molecule has 3 heteroatoms. The van der Waals surface area contributed by atoms with Crippen molar-refractivity contribution in [2.75, 3.05) is 4.90 Å². The average Bonchev–Trinajstić information content (AvgIpc) is 2.94. The van der Waals surface area contributed by atoms with Gasteiger partial charge in [-0.3, -0.25) is 0 Å². The lowest BCUT2D eigenvalue weighted by molar-refractivity contribution is 1.27. The van der Waals surface area contributed by atoms with Gasteiger partial charge in [0.2, 0.25) is 0 Å². The van der Waals surface area contributed by atoms with E-state index >= 15 is 0 Å². The second-order valence-electron chi connectivity index (χ2n) is 9.09. The van der Waals surface area contributed by atoms with Gasteiger partial charge >= 0.3 is 0 Å². The third-order valence-electron chi connectivity index (χ3n) is 6.52. The number of benzene rings is 5. The van der Waals surface area contributed by atoms with E-state index in [1.807, 2.05) is 36.4 Å². The Morgan fingerprint density at radius 3 is 1.68 bits per heavy atom. The first-order chi connectivity index (χ1) is 18.1. The Labute approximate surface area is 217 Å². The highest BCUT2D eigenvalue weighted by molar-refractivity contribution is 5.95. The minimum absolute atomic E-state index is 0.576. The highest BCUT2D eigenvalue weighted by Crippen LogP contribution is 2.35. The highest BCUT2D eigenvalue weighted by Gasteiger charge is 2.12. The average molecular weight is 476 g/mol. The molecule has 176 valence electrons. The molecular formula is C34H25N3. The number of hydrogen-bond donors (Lipinski definition) is 0. The molecule has 0 bridgehead atoms. The summed E-state index contributed by atoms with van der Waals surface area (Å²) < 4.78 is 0. The van der Waals surface area contributed by atoms with E-state index < -0.39 is 0 Å². The summed E-state index contributed by atoms with van der Waals surface area (Å²) in [6.45, 7) is 4.19. The van der Waals surface area contributed by atoms with Gasteiger partial charge in [-0.15, -0.1) is 0 Å². The Morgan fingerprint density at radius 2 is 1.14 bits per heavy atom. The Bertz CT molecular complexity index is 1630. The molecule has 0 radical (unpaired) electrons. The third-order valence-corrected chi connectivity index (χ3v) is 6.52. The van der Waals surface area contributed by atoms with Crippen molar-refractivity contribution in [3.8, 4) is 12.1 Å². The van der Waals surface area contributed by atoms with E-state index in [4.69, 9.17) is 0 Å². The number of aryl methyl sites for hydroxylation is 2. The molecule has 0 aromatic heterocycles. The molecular weight excluding hydrogens is 450 g/mol. The predicted octanol–water partition coefficient (Wildman–Crippen LogP) is 8.84. The van der Waals surface area contributed by atoms with Gasteiger partial charge in [0.25, 0.3) is 0 Å². The van der Waals surface area contributed by atoms with E-state index in [9.17, 15) is 10.5 Å². The number of nitriles is 2. The minimum atomic E-state index is 0.576. The SMILES string of the molecule is Cc1ccc(N(c2ccc(C)cc2)c2ccc(C=Cc3ccc4c(C#N)cccc4c3C#N)cc2)cc1. The van der Waals surface area contributed by atoms with Crippen molar-refractivity contribution in [2.24, 2.45) is 0 Å². The van der Waals surface area contributed by atoms with E-state index in [1.54, 1.807) is 6.07 Å². The molecule has 5 aromatic carbocycles. The lowest BCUT2D eigenvalue weighted by Gasteiger charge is -2.25. The van der Waals surface area contributed by atoms with Crippen LogP contribution in [-0.2, 0) is 0 Å². The van der Waals surface area contributed by atoms with Gasteiger partial charge in [-0.25, -0.2) is 0 Å². The van der Waals surface area contributed by atoms with Crippen LogP contribution in [-0.4, -0.2) is 0 Å². The van der Waals surface area contributed by atoms with Crippen molar-refractivity contribution >= 4 is 40.0 Å². The van der Waals surface area contributed by atoms with Crippen LogP contribution in [0.3, 0.4) is 0 Å². The van der Waals surface area contributed by atoms with Crippen LogP contribution < -0.4 is 4.90 Å². The quantitative estimate of drug-likeness (QED) is 0.239. The van der Waals surface area contributed by atoms with Gasteiger partial charge in [0.05, 0.1) is 17.2 Å². The third kappa shape index (κ3) is 4.85. The van der Waals surface area contributed by atoms with Crippen molar-refractivity contribution in [2.45, 2.75) is 13.8 Å². The van der Waals surface area contributed by atoms with E-state index in [1.165, 1.54) is 11.1 Å². The summed E-state index contributed by atoms with van der Waals surface area (Å²) in [4.78, 5) is 2.25. The molecule has 37 heavy (non-hydrogen) atoms. The molecule has 5 aromatic rings. The molecule has 5 rings (SSSR count). The molecule has 3 nitrogen and oxygen atoms in total. The largest absolute Gasteiger partial charge is 0.311 e. The number of anilines is 3. The van der Waals surface area contributed by atoms with Gasteiger partial charge in [0.1, 0.15) is 6.07 Å². The topological polar surface area (TPSA) is 50.8 Å². The zero-order valence-electron chi connectivity index (χ0n) is 20.8. The molecule has 0 aliphatic rings. The number of nitrogens with zero attached hydrogens (tertiary/aromatic N) is 3. The van der Waals surface area contributed by atoms with Crippen LogP contribution in [0.1, 0.15) is 33.4 Å². The predicted molar refractivity (Wildman–Crippen MR) is 153 cm³/mol. The summed E-state index contributed by atoms with van der Waals surface area (Å²) in [5.74, 6) is 0. The molecule has 0 spiro atoms. The molecule has 0 saturated heterocycles. The lowest BCUT2D eigenvalue weighted by Crippen LogP contribution is -2.09. The minimum Gasteiger partial charge on any atom is -0.311 e. The number of fused-ring (bicyclic) bond motifs is 1. The normalized spacial score (nSPS) is 10.8. The molecule has 0 fully saturated rings. The summed E-state index contributed by atoms with van der Waals surface area (Å²) in [7, 11) is 0. The summed E-state index contributed by atoms with van der Waals surface area (Å²) in [5.41, 5.74) is 8.73. The zero-order chi connectivity index (χ0) is 25.8. The summed E-state index contributed by atoms with van der Waals surface area (Å²) in [6, 6.07) is 39.3. The Kier molecular flexibility index (Phi) is 6.54.